The van der Waals surface area contributed by atoms with Gasteiger partial charge in [-0.3, -0.25) is 9.48 Å². The Hall–Kier alpha value is -2.90. The molecule has 17 atom stereocenters. The minimum atomic E-state index is -3.29. The van der Waals surface area contributed by atoms with Gasteiger partial charge in [0.05, 0.1) is 58.7 Å². The number of sulfone groups is 1. The summed E-state index contributed by atoms with van der Waals surface area (Å²) in [7, 11) is 1.95. The highest BCUT2D eigenvalue weighted by atomic mass is 32.2. The molecule has 0 saturated carbocycles. The molecule has 4 heterocycles. The van der Waals surface area contributed by atoms with E-state index in [1.165, 1.54) is 26.2 Å². The third-order valence-electron chi connectivity index (χ3n) is 15.1. The molecule has 0 aliphatic carbocycles. The van der Waals surface area contributed by atoms with Crippen LogP contribution in [-0.4, -0.2) is 202 Å². The molecule has 406 valence electrons. The van der Waals surface area contributed by atoms with E-state index in [1.807, 2.05) is 43.9 Å². The zero-order chi connectivity index (χ0) is 52.8. The molecule has 3 aliphatic heterocycles. The van der Waals surface area contributed by atoms with Crippen molar-refractivity contribution in [3.8, 4) is 5.75 Å². The minimum Gasteiger partial charge on any atom is -0.494 e. The molecule has 3 aliphatic rings. The molecule has 3 saturated heterocycles. The average Bonchev–Trinajstić information content (AvgIpc) is 3.76. The van der Waals surface area contributed by atoms with Gasteiger partial charge in [0.25, 0.3) is 0 Å². The van der Waals surface area contributed by atoms with Crippen LogP contribution >= 0.6 is 0 Å². The predicted molar refractivity (Wildman–Crippen MR) is 262 cm³/mol. The van der Waals surface area contributed by atoms with E-state index in [0.717, 1.165) is 11.9 Å². The summed E-state index contributed by atoms with van der Waals surface area (Å²) in [5.41, 5.74) is -3.75. The number of rotatable bonds is 16. The topological polar surface area (TPSA) is 254 Å². The number of benzene rings is 1. The molecule has 5 N–H and O–H groups in total. The lowest BCUT2D eigenvalue weighted by Gasteiger charge is -2.47. The monoisotopic (exact) mass is 1030 g/mol. The van der Waals surface area contributed by atoms with Crippen LogP contribution in [0.15, 0.2) is 35.4 Å². The van der Waals surface area contributed by atoms with Crippen LogP contribution in [0.2, 0.25) is 0 Å². The van der Waals surface area contributed by atoms with Crippen molar-refractivity contribution in [2.24, 2.45) is 11.8 Å². The van der Waals surface area contributed by atoms with E-state index in [0.29, 0.717) is 51.3 Å². The Labute approximate surface area is 421 Å². The number of carbonyl (C=O) groups is 1. The second kappa shape index (κ2) is 24.6. The molecular formula is C50H85N5O15S. The Morgan fingerprint density at radius 2 is 1.63 bits per heavy atom. The molecule has 20 nitrogen and oxygen atoms in total. The Balaban J connectivity index is 1.34. The molecule has 0 spiro atoms. The first-order chi connectivity index (χ1) is 33.1. The van der Waals surface area contributed by atoms with E-state index >= 15 is 0 Å². The summed E-state index contributed by atoms with van der Waals surface area (Å²) in [6.07, 6.45) is -4.90. The molecular weight excluding hydrogens is 943 g/mol. The molecule has 3 fully saturated rings. The number of aliphatic hydroxyl groups is 5. The number of hydrogen-bond acceptors (Lipinski definition) is 19. The summed E-state index contributed by atoms with van der Waals surface area (Å²) >= 11 is 0. The van der Waals surface area contributed by atoms with Crippen molar-refractivity contribution < 1.29 is 71.9 Å². The normalized spacial score (nSPS) is 38.6. The standard InChI is InChI=1S/C50H85N5O15S/c1-14-40-50(9,61)44(57)33(5)54(11)28-30(2)26-48(7,60)41(25-39(32(4)46(59)69-40)68-42-27-49(8,64-12)45(58)34(6)67-42)70-47-43(56)38(24-31(3)66-47)53(10)22-20-35-29-55(52-51-35)21-15-23-65-36-16-18-37(19-17-36)71(13,62)63/h16-19,29-34,38-45,47,56-58,60-61H,14-15,20-28H2,1-13H3/t30-,31-,32-,33-,34+,38+,39+,40-,41-,42+,43-,44-,45+,47+,48-,49-,50-/m1/s1. The van der Waals surface area contributed by atoms with Gasteiger partial charge in [-0.05, 0) is 112 Å². The van der Waals surface area contributed by atoms with Crippen LogP contribution in [0.5, 0.6) is 5.75 Å². The maximum atomic E-state index is 14.3. The molecule has 21 heteroatoms. The summed E-state index contributed by atoms with van der Waals surface area (Å²) in [5.74, 6) is -1.38. The lowest BCUT2D eigenvalue weighted by molar-refractivity contribution is -0.308. The minimum absolute atomic E-state index is 0.0970. The number of methoxy groups -OCH3 is 1. The third kappa shape index (κ3) is 15.1. The lowest BCUT2D eigenvalue weighted by atomic mass is 9.83. The molecule has 71 heavy (non-hydrogen) atoms. The van der Waals surface area contributed by atoms with Crippen LogP contribution in [0, 0.1) is 11.8 Å². The van der Waals surface area contributed by atoms with Crippen LogP contribution in [0.3, 0.4) is 0 Å². The zero-order valence-corrected chi connectivity index (χ0v) is 45.0. The smallest absolute Gasteiger partial charge is 0.311 e. The van der Waals surface area contributed by atoms with Crippen LogP contribution in [0.25, 0.3) is 0 Å². The molecule has 1 aromatic heterocycles. The molecule has 0 amide bonds. The first kappa shape index (κ1) is 59.0. The highest BCUT2D eigenvalue weighted by molar-refractivity contribution is 7.90. The highest BCUT2D eigenvalue weighted by Crippen LogP contribution is 2.38. The number of carbonyl (C=O) groups excluding carboxylic acids is 1. The lowest BCUT2D eigenvalue weighted by Crippen LogP contribution is -2.59. The number of aromatic nitrogens is 3. The zero-order valence-electron chi connectivity index (χ0n) is 44.2. The van der Waals surface area contributed by atoms with Crippen molar-refractivity contribution in [2.75, 3.05) is 47.2 Å². The molecule has 0 radical (unpaired) electrons. The van der Waals surface area contributed by atoms with Crippen molar-refractivity contribution in [3.05, 3.63) is 36.2 Å². The van der Waals surface area contributed by atoms with E-state index in [9.17, 15) is 38.7 Å². The van der Waals surface area contributed by atoms with Gasteiger partial charge in [-0.1, -0.05) is 19.1 Å². The summed E-state index contributed by atoms with van der Waals surface area (Å²) in [4.78, 5) is 18.5. The Morgan fingerprint density at radius 3 is 2.27 bits per heavy atom. The number of nitrogens with zero attached hydrogens (tertiary/aromatic N) is 5. The Kier molecular flexibility index (Phi) is 20.5. The van der Waals surface area contributed by atoms with Crippen LogP contribution in [0.4, 0.5) is 0 Å². The number of likely N-dealkylation sites (N-methyl/N-ethyl adjacent to an activating group) is 2. The third-order valence-corrected chi connectivity index (χ3v) is 16.2. The average molecular weight is 1030 g/mol. The van der Waals surface area contributed by atoms with Crippen molar-refractivity contribution in [1.29, 1.82) is 0 Å². The summed E-state index contributed by atoms with van der Waals surface area (Å²) in [6.45, 7) is 17.5. The van der Waals surface area contributed by atoms with E-state index in [1.54, 1.807) is 58.4 Å². The van der Waals surface area contributed by atoms with Gasteiger partial charge >= 0.3 is 5.97 Å². The maximum absolute atomic E-state index is 14.3. The second-order valence-corrected chi connectivity index (χ2v) is 23.4. The van der Waals surface area contributed by atoms with Gasteiger partial charge in [-0.2, -0.15) is 0 Å². The van der Waals surface area contributed by atoms with E-state index in [2.05, 4.69) is 10.3 Å². The SMILES string of the molecule is CC[C@H]1OC(=O)[C@H](C)[C@@H](O[C@H]2C[C@@](C)(OC)[C@@H](O)[C@H](C)O2)C[C@@H](O[C@@H]2O[C@H](C)C[C@H](N(C)CCc3cn(CCCOc4ccc(S(C)(=O)=O)cc4)nn3)[C@H]2O)[C@](C)(O)C[C@@H](C)CN(C)[C@H](C)[C@@H](O)[C@]1(C)O. The first-order valence-electron chi connectivity index (χ1n) is 25.2. The predicted octanol–water partition coefficient (Wildman–Crippen LogP) is 2.73. The van der Waals surface area contributed by atoms with Crippen LogP contribution < -0.4 is 4.74 Å². The maximum Gasteiger partial charge on any atom is 0.311 e. The Morgan fingerprint density at radius 1 is 0.958 bits per heavy atom. The Bertz CT molecular complexity index is 2100. The molecule has 0 bridgehead atoms. The number of ether oxygens (including phenoxy) is 7. The van der Waals surface area contributed by atoms with Gasteiger partial charge in [0.2, 0.25) is 0 Å². The highest BCUT2D eigenvalue weighted by Gasteiger charge is 2.51. The van der Waals surface area contributed by atoms with E-state index in [-0.39, 0.29) is 42.6 Å². The number of hydrogen-bond donors (Lipinski definition) is 5. The van der Waals surface area contributed by atoms with Crippen LogP contribution in [-0.2, 0) is 56.0 Å². The fraction of sp³-hybridized carbons (Fsp3) is 0.820. The number of aryl methyl sites for hydroxylation is 1. The summed E-state index contributed by atoms with van der Waals surface area (Å²) in [6, 6.07) is 5.30. The molecule has 5 rings (SSSR count). The quantitative estimate of drug-likeness (QED) is 0.120. The van der Waals surface area contributed by atoms with E-state index in [4.69, 9.17) is 33.2 Å². The van der Waals surface area contributed by atoms with E-state index < -0.39 is 106 Å². The second-order valence-electron chi connectivity index (χ2n) is 21.4. The fourth-order valence-electron chi connectivity index (χ4n) is 10.3. The first-order valence-corrected chi connectivity index (χ1v) is 27.1. The van der Waals surface area contributed by atoms with Crippen LogP contribution in [0.1, 0.15) is 107 Å². The van der Waals surface area contributed by atoms with Crippen molar-refractivity contribution in [1.82, 2.24) is 24.8 Å². The molecule has 2 aromatic rings. The molecule has 1 aromatic carbocycles. The van der Waals surface area contributed by atoms with Gasteiger partial charge in [0.15, 0.2) is 22.4 Å². The summed E-state index contributed by atoms with van der Waals surface area (Å²) in [5, 5.41) is 67.9. The largest absolute Gasteiger partial charge is 0.494 e. The van der Waals surface area contributed by atoms with Crippen molar-refractivity contribution in [3.63, 3.8) is 0 Å². The number of cyclic esters (lactones) is 1. The van der Waals surface area contributed by atoms with Gasteiger partial charge in [-0.15, -0.1) is 5.10 Å². The van der Waals surface area contributed by atoms with Gasteiger partial charge < -0.3 is 68.5 Å². The van der Waals surface area contributed by atoms with Crippen molar-refractivity contribution in [2.45, 2.75) is 209 Å². The van der Waals surface area contributed by atoms with Gasteiger partial charge in [-0.25, -0.2) is 8.42 Å². The molecule has 0 unspecified atom stereocenters. The van der Waals surface area contributed by atoms with Gasteiger partial charge in [0, 0.05) is 77.0 Å². The van der Waals surface area contributed by atoms with Gasteiger partial charge in [0.1, 0.15) is 35.8 Å². The van der Waals surface area contributed by atoms with Crippen molar-refractivity contribution >= 4 is 15.8 Å². The fourth-order valence-corrected chi connectivity index (χ4v) is 10.9. The number of aliphatic hydroxyl groups excluding tert-OH is 3. The number of esters is 1. The summed E-state index contributed by atoms with van der Waals surface area (Å²) < 4.78 is 68.9.